The Labute approximate surface area is 94.8 Å². The lowest BCUT2D eigenvalue weighted by Crippen LogP contribution is -2.33. The Morgan fingerprint density at radius 2 is 2.08 bits per heavy atom. The number of hydrogen-bond acceptors (Lipinski definition) is 2. The molecule has 0 radical (unpaired) electrons. The molecular formula is C10H19IO2. The molecule has 0 aromatic carbocycles. The topological polar surface area (TPSA) is 18.5 Å². The van der Waals surface area contributed by atoms with Crippen LogP contribution in [0, 0.1) is 0 Å². The van der Waals surface area contributed by atoms with Crippen molar-refractivity contribution >= 4 is 22.6 Å². The number of hydrogen-bond donors (Lipinski definition) is 0. The first-order chi connectivity index (χ1) is 5.93. The first-order valence-electron chi connectivity index (χ1n) is 4.37. The highest BCUT2D eigenvalue weighted by Gasteiger charge is 2.22. The van der Waals surface area contributed by atoms with E-state index >= 15 is 0 Å². The third-order valence-corrected chi connectivity index (χ3v) is 2.46. The van der Waals surface area contributed by atoms with Gasteiger partial charge in [-0.05, 0) is 27.2 Å². The van der Waals surface area contributed by atoms with Crippen LogP contribution in [-0.4, -0.2) is 23.4 Å². The van der Waals surface area contributed by atoms with E-state index in [4.69, 9.17) is 9.47 Å². The molecule has 2 nitrogen and oxygen atoms in total. The number of halogens is 1. The molecule has 0 amide bonds. The minimum atomic E-state index is -0.518. The second kappa shape index (κ2) is 5.98. The zero-order chi connectivity index (χ0) is 10.5. The summed E-state index contributed by atoms with van der Waals surface area (Å²) < 4.78 is 12.0. The highest BCUT2D eigenvalue weighted by Crippen LogP contribution is 2.19. The molecule has 0 aromatic rings. The van der Waals surface area contributed by atoms with Gasteiger partial charge in [0.1, 0.15) is 0 Å². The van der Waals surface area contributed by atoms with Gasteiger partial charge in [-0.3, -0.25) is 0 Å². The summed E-state index contributed by atoms with van der Waals surface area (Å²) in [6.07, 6.45) is 1.09. The summed E-state index contributed by atoms with van der Waals surface area (Å²) in [7, 11) is 1.65. The van der Waals surface area contributed by atoms with Crippen LogP contribution >= 0.6 is 22.6 Å². The molecule has 1 unspecified atom stereocenters. The zero-order valence-electron chi connectivity index (χ0n) is 8.89. The van der Waals surface area contributed by atoms with Crippen molar-refractivity contribution in [1.82, 2.24) is 0 Å². The molecule has 0 fully saturated rings. The van der Waals surface area contributed by atoms with Gasteiger partial charge in [0, 0.05) is 11.5 Å². The normalized spacial score (nSPS) is 14.2. The minimum Gasteiger partial charge on any atom is -0.354 e. The summed E-state index contributed by atoms with van der Waals surface area (Å²) >= 11 is 2.34. The van der Waals surface area contributed by atoms with Gasteiger partial charge >= 0.3 is 0 Å². The number of methoxy groups -OCH3 is 1. The van der Waals surface area contributed by atoms with Crippen LogP contribution in [0.5, 0.6) is 0 Å². The first-order valence-corrected chi connectivity index (χ1v) is 5.90. The van der Waals surface area contributed by atoms with Crippen LogP contribution in [0.15, 0.2) is 12.2 Å². The fourth-order valence-electron chi connectivity index (χ4n) is 0.896. The molecule has 0 heterocycles. The average molecular weight is 298 g/mol. The predicted octanol–water partition coefficient (Wildman–Crippen LogP) is 3.16. The van der Waals surface area contributed by atoms with E-state index in [1.807, 2.05) is 20.8 Å². The maximum absolute atomic E-state index is 5.76. The third-order valence-electron chi connectivity index (χ3n) is 1.84. The third kappa shape index (κ3) is 5.65. The van der Waals surface area contributed by atoms with Crippen molar-refractivity contribution in [2.75, 3.05) is 11.5 Å². The summed E-state index contributed by atoms with van der Waals surface area (Å²) in [6, 6.07) is 0. The van der Waals surface area contributed by atoms with Crippen molar-refractivity contribution < 1.29 is 9.47 Å². The Bertz CT molecular complexity index is 166. The SMILES string of the molecule is C=C(C)C(CCI)OC(C)(C)OC. The molecule has 78 valence electrons. The molecule has 0 rings (SSSR count). The van der Waals surface area contributed by atoms with Crippen molar-refractivity contribution in [2.45, 2.75) is 39.1 Å². The van der Waals surface area contributed by atoms with Gasteiger partial charge in [-0.2, -0.15) is 0 Å². The molecule has 3 heteroatoms. The Morgan fingerprint density at radius 3 is 2.38 bits per heavy atom. The summed E-state index contributed by atoms with van der Waals surface area (Å²) in [5.41, 5.74) is 1.06. The molecule has 0 aliphatic rings. The second-order valence-corrected chi connectivity index (χ2v) is 4.61. The van der Waals surface area contributed by atoms with Crippen LogP contribution in [0.2, 0.25) is 0 Å². The van der Waals surface area contributed by atoms with E-state index in [-0.39, 0.29) is 6.10 Å². The van der Waals surface area contributed by atoms with E-state index in [2.05, 4.69) is 29.2 Å². The van der Waals surface area contributed by atoms with Gasteiger partial charge in [-0.25, -0.2) is 0 Å². The number of rotatable bonds is 6. The Kier molecular flexibility index (Phi) is 6.16. The van der Waals surface area contributed by atoms with Crippen molar-refractivity contribution in [1.29, 1.82) is 0 Å². The fourth-order valence-corrected chi connectivity index (χ4v) is 1.46. The monoisotopic (exact) mass is 298 g/mol. The van der Waals surface area contributed by atoms with Crippen molar-refractivity contribution in [3.05, 3.63) is 12.2 Å². The number of ether oxygens (including phenoxy) is 2. The van der Waals surface area contributed by atoms with E-state index in [0.717, 1.165) is 16.4 Å². The molecular weight excluding hydrogens is 279 g/mol. The zero-order valence-corrected chi connectivity index (χ0v) is 11.1. The van der Waals surface area contributed by atoms with E-state index in [0.29, 0.717) is 0 Å². The summed E-state index contributed by atoms with van der Waals surface area (Å²) in [5, 5.41) is 0. The predicted molar refractivity (Wildman–Crippen MR) is 64.3 cm³/mol. The van der Waals surface area contributed by atoms with E-state index in [1.165, 1.54) is 0 Å². The van der Waals surface area contributed by atoms with E-state index < -0.39 is 5.79 Å². The summed E-state index contributed by atoms with van der Waals surface area (Å²) in [4.78, 5) is 0. The lowest BCUT2D eigenvalue weighted by molar-refractivity contribution is -0.215. The van der Waals surface area contributed by atoms with Crippen molar-refractivity contribution in [3.8, 4) is 0 Å². The fraction of sp³-hybridized carbons (Fsp3) is 0.800. The van der Waals surface area contributed by atoms with Crippen LogP contribution in [0.4, 0.5) is 0 Å². The second-order valence-electron chi connectivity index (χ2n) is 3.53. The quantitative estimate of drug-likeness (QED) is 0.324. The van der Waals surface area contributed by atoms with Crippen LogP contribution < -0.4 is 0 Å². The average Bonchev–Trinajstić information content (AvgIpc) is 2.03. The van der Waals surface area contributed by atoms with Crippen LogP contribution in [-0.2, 0) is 9.47 Å². The number of alkyl halides is 1. The summed E-state index contributed by atoms with van der Waals surface area (Å²) in [6.45, 7) is 9.72. The Balaban J connectivity index is 4.17. The lowest BCUT2D eigenvalue weighted by Gasteiger charge is -2.29. The molecule has 1 atom stereocenters. The molecule has 0 aliphatic heterocycles. The van der Waals surface area contributed by atoms with E-state index in [9.17, 15) is 0 Å². The van der Waals surface area contributed by atoms with Gasteiger partial charge in [-0.15, -0.1) is 0 Å². The molecule has 0 N–H and O–H groups in total. The van der Waals surface area contributed by atoms with Gasteiger partial charge < -0.3 is 9.47 Å². The Hall–Kier alpha value is 0.390. The Morgan fingerprint density at radius 1 is 1.54 bits per heavy atom. The summed E-state index contributed by atoms with van der Waals surface area (Å²) in [5.74, 6) is -0.518. The first kappa shape index (κ1) is 13.4. The maximum Gasteiger partial charge on any atom is 0.163 e. The van der Waals surface area contributed by atoms with Gasteiger partial charge in [0.25, 0.3) is 0 Å². The highest BCUT2D eigenvalue weighted by molar-refractivity contribution is 14.1. The van der Waals surface area contributed by atoms with Crippen LogP contribution in [0.25, 0.3) is 0 Å². The van der Waals surface area contributed by atoms with Crippen molar-refractivity contribution in [2.24, 2.45) is 0 Å². The highest BCUT2D eigenvalue weighted by atomic mass is 127. The van der Waals surface area contributed by atoms with E-state index in [1.54, 1.807) is 7.11 Å². The van der Waals surface area contributed by atoms with Gasteiger partial charge in [0.2, 0.25) is 0 Å². The lowest BCUT2D eigenvalue weighted by atomic mass is 10.1. The standard InChI is InChI=1S/C10H19IO2/c1-8(2)9(6-7-11)13-10(3,4)12-5/h9H,1,6-7H2,2-5H3. The molecule has 0 saturated carbocycles. The smallest absolute Gasteiger partial charge is 0.163 e. The molecule has 0 aliphatic carbocycles. The molecule has 0 bridgehead atoms. The van der Waals surface area contributed by atoms with Gasteiger partial charge in [-0.1, -0.05) is 34.7 Å². The van der Waals surface area contributed by atoms with Crippen LogP contribution in [0.1, 0.15) is 27.2 Å². The van der Waals surface area contributed by atoms with Crippen LogP contribution in [0.3, 0.4) is 0 Å². The van der Waals surface area contributed by atoms with Gasteiger partial charge in [0.15, 0.2) is 5.79 Å². The van der Waals surface area contributed by atoms with Gasteiger partial charge in [0.05, 0.1) is 6.10 Å². The largest absolute Gasteiger partial charge is 0.354 e. The molecule has 13 heavy (non-hydrogen) atoms. The minimum absolute atomic E-state index is 0.104. The molecule has 0 saturated heterocycles. The molecule has 0 aromatic heterocycles. The molecule has 0 spiro atoms. The van der Waals surface area contributed by atoms with Crippen molar-refractivity contribution in [3.63, 3.8) is 0 Å². The maximum atomic E-state index is 5.76.